The van der Waals surface area contributed by atoms with Gasteiger partial charge in [-0.25, -0.2) is 9.78 Å². The van der Waals surface area contributed by atoms with Crippen molar-refractivity contribution in [2.75, 3.05) is 13.2 Å². The van der Waals surface area contributed by atoms with E-state index in [1.165, 1.54) is 19.3 Å². The van der Waals surface area contributed by atoms with Crippen LogP contribution < -0.4 is 10.6 Å². The number of fused-ring (bicyclic) bond motifs is 1. The number of aromatic nitrogens is 1. The van der Waals surface area contributed by atoms with Crippen LogP contribution in [0.15, 0.2) is 24.4 Å². The minimum absolute atomic E-state index is 0.00946. The zero-order chi connectivity index (χ0) is 17.8. The molecule has 2 saturated heterocycles. The van der Waals surface area contributed by atoms with Gasteiger partial charge in [-0.15, -0.1) is 0 Å². The Balaban J connectivity index is 1.30. The normalized spacial score (nSPS) is 30.9. The number of urea groups is 1. The molecule has 3 aliphatic rings. The van der Waals surface area contributed by atoms with Crippen LogP contribution in [-0.2, 0) is 9.47 Å². The minimum atomic E-state index is -0.130. The number of pyridine rings is 1. The van der Waals surface area contributed by atoms with Crippen molar-refractivity contribution >= 4 is 6.03 Å². The molecular weight excluding hydrogens is 330 g/mol. The summed E-state index contributed by atoms with van der Waals surface area (Å²) in [5, 5.41) is 6.12. The average Bonchev–Trinajstić information content (AvgIpc) is 3.25. The van der Waals surface area contributed by atoms with Gasteiger partial charge in [0.1, 0.15) is 17.9 Å². The third-order valence-electron chi connectivity index (χ3n) is 5.36. The summed E-state index contributed by atoms with van der Waals surface area (Å²) in [5.74, 6) is 6.32. The molecule has 3 heterocycles. The molecule has 6 nitrogen and oxygen atoms in total. The van der Waals surface area contributed by atoms with Gasteiger partial charge in [0.15, 0.2) is 0 Å². The van der Waals surface area contributed by atoms with Crippen molar-refractivity contribution in [3.8, 4) is 11.8 Å². The Morgan fingerprint density at radius 3 is 2.73 bits per heavy atom. The van der Waals surface area contributed by atoms with Crippen LogP contribution in [0.3, 0.4) is 0 Å². The maximum atomic E-state index is 12.3. The molecule has 1 aromatic heterocycles. The molecule has 138 valence electrons. The second kappa shape index (κ2) is 8.07. The lowest BCUT2D eigenvalue weighted by Gasteiger charge is -2.24. The summed E-state index contributed by atoms with van der Waals surface area (Å²) in [5.41, 5.74) is 0.746. The highest BCUT2D eigenvalue weighted by Crippen LogP contribution is 2.31. The molecule has 1 aliphatic carbocycles. The molecule has 0 aromatic carbocycles. The van der Waals surface area contributed by atoms with Crippen LogP contribution in [0.25, 0.3) is 0 Å². The van der Waals surface area contributed by atoms with Gasteiger partial charge in [-0.3, -0.25) is 0 Å². The van der Waals surface area contributed by atoms with Gasteiger partial charge < -0.3 is 20.1 Å². The Kier molecular flexibility index (Phi) is 5.37. The Hall–Kier alpha value is -2.10. The smallest absolute Gasteiger partial charge is 0.315 e. The number of nitrogens with zero attached hydrogens (tertiary/aromatic N) is 1. The highest BCUT2D eigenvalue weighted by atomic mass is 16.6. The van der Waals surface area contributed by atoms with Crippen LogP contribution in [0.1, 0.15) is 37.8 Å². The third-order valence-corrected chi connectivity index (χ3v) is 5.36. The molecule has 1 aromatic rings. The van der Waals surface area contributed by atoms with Gasteiger partial charge in [0.25, 0.3) is 0 Å². The molecule has 4 rings (SSSR count). The number of hydrogen-bond donors (Lipinski definition) is 2. The van der Waals surface area contributed by atoms with Crippen LogP contribution in [0, 0.1) is 17.8 Å². The topological polar surface area (TPSA) is 72.5 Å². The van der Waals surface area contributed by atoms with E-state index in [0.29, 0.717) is 19.3 Å². The number of rotatable bonds is 2. The summed E-state index contributed by atoms with van der Waals surface area (Å²) >= 11 is 0. The van der Waals surface area contributed by atoms with E-state index in [-0.39, 0.29) is 30.2 Å². The Bertz CT molecular complexity index is 679. The van der Waals surface area contributed by atoms with Crippen LogP contribution in [0.2, 0.25) is 0 Å². The Morgan fingerprint density at radius 1 is 1.08 bits per heavy atom. The fourth-order valence-electron chi connectivity index (χ4n) is 3.99. The van der Waals surface area contributed by atoms with Gasteiger partial charge in [-0.05, 0) is 30.9 Å². The molecule has 2 amide bonds. The first-order chi connectivity index (χ1) is 12.8. The zero-order valence-corrected chi connectivity index (χ0v) is 14.8. The number of carbonyl (C=O) groups excluding carboxylic acids is 1. The number of hydrogen-bond acceptors (Lipinski definition) is 4. The number of carbonyl (C=O) groups is 1. The van der Waals surface area contributed by atoms with Gasteiger partial charge in [0, 0.05) is 12.2 Å². The average molecular weight is 355 g/mol. The summed E-state index contributed by atoms with van der Waals surface area (Å²) in [6.07, 6.45) is 7.32. The molecule has 4 atom stereocenters. The minimum Gasteiger partial charge on any atom is -0.372 e. The van der Waals surface area contributed by atoms with Gasteiger partial charge >= 0.3 is 6.03 Å². The van der Waals surface area contributed by atoms with E-state index in [1.54, 1.807) is 6.20 Å². The van der Waals surface area contributed by atoms with Crippen LogP contribution in [0.5, 0.6) is 0 Å². The number of ether oxygens (including phenoxy) is 2. The van der Waals surface area contributed by atoms with Gasteiger partial charge in [-0.1, -0.05) is 31.2 Å². The van der Waals surface area contributed by atoms with Crippen molar-refractivity contribution in [2.24, 2.45) is 5.92 Å². The Labute approximate surface area is 154 Å². The summed E-state index contributed by atoms with van der Waals surface area (Å²) in [4.78, 5) is 16.5. The molecule has 0 radical (unpaired) electrons. The number of nitrogens with one attached hydrogen (secondary N) is 2. The molecule has 1 saturated carbocycles. The summed E-state index contributed by atoms with van der Waals surface area (Å²) < 4.78 is 11.8. The third kappa shape index (κ3) is 4.00. The first-order valence-electron chi connectivity index (χ1n) is 9.52. The lowest BCUT2D eigenvalue weighted by Crippen LogP contribution is -2.50. The fraction of sp³-hybridized carbons (Fsp3) is 0.600. The highest BCUT2D eigenvalue weighted by Gasteiger charge is 2.47. The predicted molar refractivity (Wildman–Crippen MR) is 96.4 cm³/mol. The van der Waals surface area contributed by atoms with Crippen molar-refractivity contribution in [3.63, 3.8) is 0 Å². The van der Waals surface area contributed by atoms with Gasteiger partial charge in [0.05, 0.1) is 25.2 Å². The summed E-state index contributed by atoms with van der Waals surface area (Å²) in [6.45, 7) is 0.993. The van der Waals surface area contributed by atoms with Crippen LogP contribution in [-0.4, -0.2) is 48.5 Å². The van der Waals surface area contributed by atoms with E-state index >= 15 is 0 Å². The molecule has 3 fully saturated rings. The Morgan fingerprint density at radius 2 is 1.92 bits per heavy atom. The molecule has 6 heteroatoms. The molecule has 26 heavy (non-hydrogen) atoms. The van der Waals surface area contributed by atoms with Crippen molar-refractivity contribution in [1.29, 1.82) is 0 Å². The van der Waals surface area contributed by atoms with Crippen molar-refractivity contribution in [1.82, 2.24) is 15.6 Å². The van der Waals surface area contributed by atoms with Crippen LogP contribution in [0.4, 0.5) is 4.79 Å². The zero-order valence-electron chi connectivity index (χ0n) is 14.8. The van der Waals surface area contributed by atoms with E-state index in [9.17, 15) is 4.79 Å². The first kappa shape index (κ1) is 17.3. The predicted octanol–water partition coefficient (Wildman–Crippen LogP) is 1.85. The van der Waals surface area contributed by atoms with E-state index in [0.717, 1.165) is 18.5 Å². The quantitative estimate of drug-likeness (QED) is 0.794. The van der Waals surface area contributed by atoms with Crippen molar-refractivity contribution in [2.45, 2.75) is 56.4 Å². The monoisotopic (exact) mass is 355 g/mol. The first-order valence-corrected chi connectivity index (χ1v) is 9.52. The van der Waals surface area contributed by atoms with Crippen molar-refractivity contribution < 1.29 is 14.3 Å². The van der Waals surface area contributed by atoms with E-state index in [4.69, 9.17) is 9.47 Å². The molecule has 0 bridgehead atoms. The summed E-state index contributed by atoms with van der Waals surface area (Å²) in [6, 6.07) is 5.73. The van der Waals surface area contributed by atoms with E-state index in [2.05, 4.69) is 27.5 Å². The largest absolute Gasteiger partial charge is 0.372 e. The lowest BCUT2D eigenvalue weighted by molar-refractivity contribution is 0.0665. The lowest BCUT2D eigenvalue weighted by atomic mass is 9.96. The number of amides is 2. The fourth-order valence-corrected chi connectivity index (χ4v) is 3.99. The molecule has 2 N–H and O–H groups in total. The highest BCUT2D eigenvalue weighted by molar-refractivity contribution is 5.74. The second-order valence-corrected chi connectivity index (χ2v) is 7.25. The standard InChI is InChI=1S/C20H25N3O3/c24-20(22-16-7-2-1-3-8-16)23-17-13-26-18-14(12-25-19(17)18)9-10-15-6-4-5-11-21-15/h4-6,11,14,16-19H,1-3,7-8,12-13H2,(H2,22,23,24)/t14-,17-,18+,19+/m0/s1. The molecule has 2 aliphatic heterocycles. The maximum absolute atomic E-state index is 12.3. The SMILES string of the molecule is O=C(NC1CCCCC1)N[C@H]1CO[C@H]2[C@@H]1OC[C@@H]2C#Cc1ccccn1. The van der Waals surface area contributed by atoms with Crippen molar-refractivity contribution in [3.05, 3.63) is 30.1 Å². The molecular formula is C20H25N3O3. The van der Waals surface area contributed by atoms with Gasteiger partial charge in [-0.2, -0.15) is 0 Å². The maximum Gasteiger partial charge on any atom is 0.315 e. The van der Waals surface area contributed by atoms with Crippen LogP contribution >= 0.6 is 0 Å². The van der Waals surface area contributed by atoms with E-state index < -0.39 is 0 Å². The van der Waals surface area contributed by atoms with E-state index in [1.807, 2.05) is 18.2 Å². The molecule has 0 spiro atoms. The summed E-state index contributed by atoms with van der Waals surface area (Å²) in [7, 11) is 0. The molecule has 0 unspecified atom stereocenters. The second-order valence-electron chi connectivity index (χ2n) is 7.25. The van der Waals surface area contributed by atoms with Gasteiger partial charge in [0.2, 0.25) is 0 Å².